The highest BCUT2D eigenvalue weighted by Gasteiger charge is 2.17. The summed E-state index contributed by atoms with van der Waals surface area (Å²) in [6, 6.07) is 2.78. The predicted octanol–water partition coefficient (Wildman–Crippen LogP) is 3.99. The summed E-state index contributed by atoms with van der Waals surface area (Å²) in [5.74, 6) is -2.12. The van der Waals surface area contributed by atoms with Gasteiger partial charge in [-0.25, -0.2) is 8.78 Å². The lowest BCUT2D eigenvalue weighted by molar-refractivity contribution is 0.101. The number of hydrogen-bond acceptors (Lipinski definition) is 2. The molecule has 0 bridgehead atoms. The van der Waals surface area contributed by atoms with Crippen LogP contribution in [0.5, 0.6) is 0 Å². The highest BCUT2D eigenvalue weighted by atomic mass is 32.2. The Morgan fingerprint density at radius 2 is 2.00 bits per heavy atom. The number of Topliss-reactive ketones (excluding diaryl/α,β-unsaturated/α-hetero) is 1. The van der Waals surface area contributed by atoms with Crippen molar-refractivity contribution in [1.29, 1.82) is 0 Å². The van der Waals surface area contributed by atoms with E-state index in [0.717, 1.165) is 6.42 Å². The first kappa shape index (κ1) is 14.2. The SMILES string of the molecule is CCC(C)SCC(=O)c1ccc(C)c(F)c1F. The molecule has 1 unspecified atom stereocenters. The van der Waals surface area contributed by atoms with Crippen LogP contribution in [0.1, 0.15) is 36.2 Å². The molecule has 0 heterocycles. The van der Waals surface area contributed by atoms with Gasteiger partial charge in [-0.15, -0.1) is 0 Å². The van der Waals surface area contributed by atoms with Gasteiger partial charge in [-0.05, 0) is 25.0 Å². The van der Waals surface area contributed by atoms with Crippen LogP contribution in [0.25, 0.3) is 0 Å². The molecule has 0 aromatic heterocycles. The molecule has 17 heavy (non-hydrogen) atoms. The van der Waals surface area contributed by atoms with Gasteiger partial charge in [0.25, 0.3) is 0 Å². The lowest BCUT2D eigenvalue weighted by atomic mass is 10.1. The summed E-state index contributed by atoms with van der Waals surface area (Å²) in [6.45, 7) is 5.50. The summed E-state index contributed by atoms with van der Waals surface area (Å²) in [5, 5.41) is 0.345. The summed E-state index contributed by atoms with van der Waals surface area (Å²) in [5.41, 5.74) is 0.0672. The molecule has 0 aliphatic heterocycles. The Kier molecular flexibility index (Phi) is 5.12. The second-order valence-corrected chi connectivity index (χ2v) is 5.44. The largest absolute Gasteiger partial charge is 0.293 e. The smallest absolute Gasteiger partial charge is 0.175 e. The van der Waals surface area contributed by atoms with Crippen molar-refractivity contribution in [2.45, 2.75) is 32.4 Å². The molecular formula is C13H16F2OS. The van der Waals surface area contributed by atoms with Gasteiger partial charge in [0.1, 0.15) is 0 Å². The van der Waals surface area contributed by atoms with Gasteiger partial charge in [-0.1, -0.05) is 19.9 Å². The van der Waals surface area contributed by atoms with Crippen molar-refractivity contribution >= 4 is 17.5 Å². The van der Waals surface area contributed by atoms with Crippen LogP contribution in [-0.2, 0) is 0 Å². The molecule has 1 aromatic rings. The van der Waals surface area contributed by atoms with Crippen LogP contribution in [0.3, 0.4) is 0 Å². The van der Waals surface area contributed by atoms with Crippen LogP contribution >= 0.6 is 11.8 Å². The molecule has 4 heteroatoms. The number of ketones is 1. The number of carbonyl (C=O) groups is 1. The lowest BCUT2D eigenvalue weighted by Gasteiger charge is -2.08. The molecule has 0 radical (unpaired) electrons. The molecule has 0 saturated heterocycles. The molecule has 0 aliphatic carbocycles. The third-order valence-corrected chi connectivity index (χ3v) is 3.98. The fourth-order valence-corrected chi connectivity index (χ4v) is 2.10. The van der Waals surface area contributed by atoms with Crippen molar-refractivity contribution in [3.63, 3.8) is 0 Å². The van der Waals surface area contributed by atoms with Crippen molar-refractivity contribution in [2.24, 2.45) is 0 Å². The number of hydrogen-bond donors (Lipinski definition) is 0. The number of benzene rings is 1. The Balaban J connectivity index is 2.80. The van der Waals surface area contributed by atoms with Crippen LogP contribution < -0.4 is 0 Å². The van der Waals surface area contributed by atoms with E-state index in [4.69, 9.17) is 0 Å². The molecule has 1 aromatic carbocycles. The minimum Gasteiger partial charge on any atom is -0.293 e. The van der Waals surface area contributed by atoms with Crippen molar-refractivity contribution < 1.29 is 13.6 Å². The minimum absolute atomic E-state index is 0.149. The monoisotopic (exact) mass is 258 g/mol. The highest BCUT2D eigenvalue weighted by Crippen LogP contribution is 2.20. The first-order valence-electron chi connectivity index (χ1n) is 5.56. The summed E-state index contributed by atoms with van der Waals surface area (Å²) in [4.78, 5) is 11.7. The molecule has 1 atom stereocenters. The van der Waals surface area contributed by atoms with E-state index in [-0.39, 0.29) is 22.7 Å². The molecule has 0 fully saturated rings. The zero-order valence-corrected chi connectivity index (χ0v) is 11.0. The quantitative estimate of drug-likeness (QED) is 0.743. The van der Waals surface area contributed by atoms with E-state index in [9.17, 15) is 13.6 Å². The minimum atomic E-state index is -1.03. The molecule has 0 aliphatic rings. The van der Waals surface area contributed by atoms with Crippen LogP contribution in [0.2, 0.25) is 0 Å². The second-order valence-electron chi connectivity index (χ2n) is 4.01. The summed E-state index contributed by atoms with van der Waals surface area (Å²) < 4.78 is 26.8. The van der Waals surface area contributed by atoms with Gasteiger partial charge in [0.2, 0.25) is 0 Å². The first-order chi connectivity index (χ1) is 7.97. The van der Waals surface area contributed by atoms with Crippen LogP contribution in [-0.4, -0.2) is 16.8 Å². The number of thioether (sulfide) groups is 1. The average Bonchev–Trinajstić information content (AvgIpc) is 2.32. The molecule has 1 rings (SSSR count). The molecule has 0 N–H and O–H groups in total. The van der Waals surface area contributed by atoms with Crippen molar-refractivity contribution in [2.75, 3.05) is 5.75 Å². The van der Waals surface area contributed by atoms with Crippen LogP contribution in [0, 0.1) is 18.6 Å². The van der Waals surface area contributed by atoms with Gasteiger partial charge in [0.05, 0.1) is 11.3 Å². The molecule has 0 saturated carbocycles. The van der Waals surface area contributed by atoms with Gasteiger partial charge in [0.15, 0.2) is 17.4 Å². The van der Waals surface area contributed by atoms with Crippen molar-refractivity contribution in [3.8, 4) is 0 Å². The third-order valence-electron chi connectivity index (χ3n) is 2.65. The van der Waals surface area contributed by atoms with Crippen LogP contribution in [0.4, 0.5) is 8.78 Å². The van der Waals surface area contributed by atoms with Gasteiger partial charge < -0.3 is 0 Å². The number of rotatable bonds is 5. The Morgan fingerprint density at radius 1 is 1.35 bits per heavy atom. The van der Waals surface area contributed by atoms with E-state index >= 15 is 0 Å². The fourth-order valence-electron chi connectivity index (χ4n) is 1.27. The zero-order valence-electron chi connectivity index (χ0n) is 10.2. The Hall–Kier alpha value is -0.900. The maximum absolute atomic E-state index is 13.5. The molecule has 94 valence electrons. The summed E-state index contributed by atoms with van der Waals surface area (Å²) in [6.07, 6.45) is 0.947. The van der Waals surface area contributed by atoms with E-state index in [1.54, 1.807) is 0 Å². The van der Waals surface area contributed by atoms with Gasteiger partial charge in [0, 0.05) is 5.25 Å². The van der Waals surface area contributed by atoms with E-state index in [1.807, 2.05) is 13.8 Å². The maximum atomic E-state index is 13.5. The zero-order chi connectivity index (χ0) is 13.0. The third kappa shape index (κ3) is 3.53. The Labute approximate surface area is 105 Å². The Bertz CT molecular complexity index is 418. The van der Waals surface area contributed by atoms with Crippen molar-refractivity contribution in [1.82, 2.24) is 0 Å². The second kappa shape index (κ2) is 6.15. The normalized spacial score (nSPS) is 12.5. The first-order valence-corrected chi connectivity index (χ1v) is 6.61. The lowest BCUT2D eigenvalue weighted by Crippen LogP contribution is -2.10. The maximum Gasteiger partial charge on any atom is 0.175 e. The van der Waals surface area contributed by atoms with Gasteiger partial charge in [-0.3, -0.25) is 4.79 Å². The number of aryl methyl sites for hydroxylation is 1. The van der Waals surface area contributed by atoms with E-state index in [0.29, 0.717) is 5.25 Å². The van der Waals surface area contributed by atoms with Crippen molar-refractivity contribution in [3.05, 3.63) is 34.9 Å². The molecular weight excluding hydrogens is 242 g/mol. The van der Waals surface area contributed by atoms with E-state index in [2.05, 4.69) is 0 Å². The predicted molar refractivity (Wildman–Crippen MR) is 67.6 cm³/mol. The van der Waals surface area contributed by atoms with Gasteiger partial charge in [-0.2, -0.15) is 11.8 Å². The number of halogens is 2. The van der Waals surface area contributed by atoms with E-state index < -0.39 is 11.6 Å². The molecule has 0 amide bonds. The van der Waals surface area contributed by atoms with E-state index in [1.165, 1.54) is 30.8 Å². The Morgan fingerprint density at radius 3 is 2.59 bits per heavy atom. The fraction of sp³-hybridized carbons (Fsp3) is 0.462. The standard InChI is InChI=1S/C13H16F2OS/c1-4-9(3)17-7-11(16)10-6-5-8(2)12(14)13(10)15/h5-6,9H,4,7H2,1-3H3. The molecule has 1 nitrogen and oxygen atoms in total. The topological polar surface area (TPSA) is 17.1 Å². The molecule has 0 spiro atoms. The highest BCUT2D eigenvalue weighted by molar-refractivity contribution is 8.00. The summed E-state index contributed by atoms with van der Waals surface area (Å²) in [7, 11) is 0. The summed E-state index contributed by atoms with van der Waals surface area (Å²) >= 11 is 1.46. The number of carbonyl (C=O) groups excluding carboxylic acids is 1. The van der Waals surface area contributed by atoms with Crippen LogP contribution in [0.15, 0.2) is 12.1 Å². The van der Waals surface area contributed by atoms with Gasteiger partial charge >= 0.3 is 0 Å². The average molecular weight is 258 g/mol.